The maximum absolute atomic E-state index is 5.81. The fraction of sp³-hybridized carbons (Fsp3) is 0.643. The molecule has 17 heavy (non-hydrogen) atoms. The van der Waals surface area contributed by atoms with E-state index in [1.54, 1.807) is 0 Å². The number of pyridine rings is 1. The van der Waals surface area contributed by atoms with Gasteiger partial charge in [0.25, 0.3) is 0 Å². The molecule has 2 rings (SSSR count). The highest BCUT2D eigenvalue weighted by molar-refractivity contribution is 5.47. The van der Waals surface area contributed by atoms with Crippen LogP contribution in [0.25, 0.3) is 0 Å². The number of nitrogens with zero attached hydrogens (tertiary/aromatic N) is 2. The summed E-state index contributed by atoms with van der Waals surface area (Å²) in [6.45, 7) is 7.20. The lowest BCUT2D eigenvalue weighted by Crippen LogP contribution is -2.27. The zero-order valence-electron chi connectivity index (χ0n) is 10.9. The summed E-state index contributed by atoms with van der Waals surface area (Å²) in [6.07, 6.45) is 3.86. The van der Waals surface area contributed by atoms with Crippen molar-refractivity contribution in [2.45, 2.75) is 39.7 Å². The van der Waals surface area contributed by atoms with Gasteiger partial charge in [-0.2, -0.15) is 0 Å². The Labute approximate surface area is 104 Å². The predicted octanol–water partition coefficient (Wildman–Crippen LogP) is 2.48. The SMILES string of the molecule is Cc1ccc(CN)c(N2CCCC(C)CC2)n1. The van der Waals surface area contributed by atoms with Gasteiger partial charge >= 0.3 is 0 Å². The highest BCUT2D eigenvalue weighted by atomic mass is 15.2. The van der Waals surface area contributed by atoms with Crippen LogP contribution >= 0.6 is 0 Å². The fourth-order valence-corrected chi connectivity index (χ4v) is 2.48. The molecular weight excluding hydrogens is 210 g/mol. The summed E-state index contributed by atoms with van der Waals surface area (Å²) in [5.74, 6) is 1.95. The van der Waals surface area contributed by atoms with Crippen LogP contribution in [0.2, 0.25) is 0 Å². The first-order chi connectivity index (χ1) is 8.20. The van der Waals surface area contributed by atoms with Gasteiger partial charge in [-0.25, -0.2) is 4.98 Å². The molecule has 1 aliphatic heterocycles. The van der Waals surface area contributed by atoms with Gasteiger partial charge in [0.1, 0.15) is 5.82 Å². The lowest BCUT2D eigenvalue weighted by molar-refractivity contribution is 0.521. The molecule has 1 aliphatic rings. The lowest BCUT2D eigenvalue weighted by Gasteiger charge is -2.24. The number of hydrogen-bond donors (Lipinski definition) is 1. The minimum atomic E-state index is 0.578. The van der Waals surface area contributed by atoms with Crippen LogP contribution in [-0.4, -0.2) is 18.1 Å². The molecule has 0 bridgehead atoms. The van der Waals surface area contributed by atoms with Gasteiger partial charge in [0.15, 0.2) is 0 Å². The molecule has 1 fully saturated rings. The normalized spacial score (nSPS) is 21.4. The molecule has 0 saturated carbocycles. The Hall–Kier alpha value is -1.09. The van der Waals surface area contributed by atoms with Crippen molar-refractivity contribution in [1.29, 1.82) is 0 Å². The van der Waals surface area contributed by atoms with Crippen LogP contribution < -0.4 is 10.6 Å². The van der Waals surface area contributed by atoms with E-state index >= 15 is 0 Å². The third kappa shape index (κ3) is 2.97. The molecule has 0 spiro atoms. The number of rotatable bonds is 2. The number of aromatic nitrogens is 1. The van der Waals surface area contributed by atoms with E-state index in [-0.39, 0.29) is 0 Å². The van der Waals surface area contributed by atoms with Gasteiger partial charge in [-0.15, -0.1) is 0 Å². The molecule has 3 heteroatoms. The highest BCUT2D eigenvalue weighted by Crippen LogP contribution is 2.24. The number of nitrogens with two attached hydrogens (primary N) is 1. The van der Waals surface area contributed by atoms with Crippen molar-refractivity contribution < 1.29 is 0 Å². The van der Waals surface area contributed by atoms with Crippen LogP contribution in [0.5, 0.6) is 0 Å². The predicted molar refractivity (Wildman–Crippen MR) is 72.1 cm³/mol. The molecule has 2 heterocycles. The number of hydrogen-bond acceptors (Lipinski definition) is 3. The minimum Gasteiger partial charge on any atom is -0.356 e. The summed E-state index contributed by atoms with van der Waals surface area (Å²) in [6, 6.07) is 4.16. The van der Waals surface area contributed by atoms with E-state index in [2.05, 4.69) is 22.9 Å². The summed E-state index contributed by atoms with van der Waals surface area (Å²) >= 11 is 0. The summed E-state index contributed by atoms with van der Waals surface area (Å²) in [5.41, 5.74) is 8.06. The van der Waals surface area contributed by atoms with Gasteiger partial charge < -0.3 is 10.6 Å². The van der Waals surface area contributed by atoms with E-state index in [1.807, 2.05) is 13.0 Å². The van der Waals surface area contributed by atoms with Crippen molar-refractivity contribution in [3.63, 3.8) is 0 Å². The Morgan fingerprint density at radius 3 is 2.94 bits per heavy atom. The van der Waals surface area contributed by atoms with Crippen molar-refractivity contribution in [2.24, 2.45) is 11.7 Å². The van der Waals surface area contributed by atoms with Crippen LogP contribution in [-0.2, 0) is 6.54 Å². The third-order valence-electron chi connectivity index (χ3n) is 3.63. The quantitative estimate of drug-likeness (QED) is 0.853. The smallest absolute Gasteiger partial charge is 0.133 e. The lowest BCUT2D eigenvalue weighted by atomic mass is 10.0. The fourth-order valence-electron chi connectivity index (χ4n) is 2.48. The van der Waals surface area contributed by atoms with E-state index in [0.29, 0.717) is 6.54 Å². The van der Waals surface area contributed by atoms with Crippen molar-refractivity contribution in [3.05, 3.63) is 23.4 Å². The molecule has 1 unspecified atom stereocenters. The van der Waals surface area contributed by atoms with Crippen LogP contribution in [0.15, 0.2) is 12.1 Å². The second kappa shape index (κ2) is 5.50. The molecular formula is C14H23N3. The standard InChI is InChI=1S/C14H23N3/c1-11-4-3-8-17(9-7-11)14-13(10-15)6-5-12(2)16-14/h5-6,11H,3-4,7-10,15H2,1-2H3. The topological polar surface area (TPSA) is 42.1 Å². The minimum absolute atomic E-state index is 0.578. The highest BCUT2D eigenvalue weighted by Gasteiger charge is 2.17. The van der Waals surface area contributed by atoms with Gasteiger partial charge in [0.05, 0.1) is 0 Å². The maximum atomic E-state index is 5.81. The summed E-state index contributed by atoms with van der Waals surface area (Å²) in [4.78, 5) is 7.10. The maximum Gasteiger partial charge on any atom is 0.133 e. The number of aryl methyl sites for hydroxylation is 1. The third-order valence-corrected chi connectivity index (χ3v) is 3.63. The molecule has 1 aromatic rings. The van der Waals surface area contributed by atoms with Crippen molar-refractivity contribution >= 4 is 5.82 Å². The van der Waals surface area contributed by atoms with Gasteiger partial charge in [-0.3, -0.25) is 0 Å². The Balaban J connectivity index is 2.22. The second-order valence-corrected chi connectivity index (χ2v) is 5.16. The van der Waals surface area contributed by atoms with Crippen LogP contribution in [0.3, 0.4) is 0 Å². The van der Waals surface area contributed by atoms with Gasteiger partial charge in [-0.05, 0) is 38.2 Å². The largest absolute Gasteiger partial charge is 0.356 e. The zero-order valence-corrected chi connectivity index (χ0v) is 10.9. The van der Waals surface area contributed by atoms with Crippen LogP contribution in [0.1, 0.15) is 37.4 Å². The van der Waals surface area contributed by atoms with E-state index in [1.165, 1.54) is 24.8 Å². The van der Waals surface area contributed by atoms with E-state index in [0.717, 1.165) is 30.5 Å². The van der Waals surface area contributed by atoms with Crippen LogP contribution in [0.4, 0.5) is 5.82 Å². The summed E-state index contributed by atoms with van der Waals surface area (Å²) < 4.78 is 0. The first kappa shape index (κ1) is 12.4. The van der Waals surface area contributed by atoms with Crippen molar-refractivity contribution in [2.75, 3.05) is 18.0 Å². The molecule has 0 radical (unpaired) electrons. The average Bonchev–Trinajstić information content (AvgIpc) is 2.54. The van der Waals surface area contributed by atoms with Gasteiger partial charge in [-0.1, -0.05) is 13.0 Å². The second-order valence-electron chi connectivity index (χ2n) is 5.16. The Morgan fingerprint density at radius 1 is 1.35 bits per heavy atom. The molecule has 3 nitrogen and oxygen atoms in total. The summed E-state index contributed by atoms with van der Waals surface area (Å²) in [7, 11) is 0. The van der Waals surface area contributed by atoms with E-state index < -0.39 is 0 Å². The van der Waals surface area contributed by atoms with Crippen molar-refractivity contribution in [1.82, 2.24) is 4.98 Å². The van der Waals surface area contributed by atoms with E-state index in [4.69, 9.17) is 5.73 Å². The molecule has 0 aliphatic carbocycles. The molecule has 1 aromatic heterocycles. The number of anilines is 1. The monoisotopic (exact) mass is 233 g/mol. The molecule has 1 atom stereocenters. The first-order valence-corrected chi connectivity index (χ1v) is 6.62. The summed E-state index contributed by atoms with van der Waals surface area (Å²) in [5, 5.41) is 0. The average molecular weight is 233 g/mol. The molecule has 0 amide bonds. The van der Waals surface area contributed by atoms with Crippen LogP contribution in [0, 0.1) is 12.8 Å². The Morgan fingerprint density at radius 2 is 2.18 bits per heavy atom. The van der Waals surface area contributed by atoms with Gasteiger partial charge in [0, 0.05) is 30.9 Å². The van der Waals surface area contributed by atoms with Gasteiger partial charge in [0.2, 0.25) is 0 Å². The Kier molecular flexibility index (Phi) is 4.00. The molecule has 0 aromatic carbocycles. The van der Waals surface area contributed by atoms with E-state index in [9.17, 15) is 0 Å². The molecule has 2 N–H and O–H groups in total. The molecule has 1 saturated heterocycles. The molecule has 94 valence electrons. The first-order valence-electron chi connectivity index (χ1n) is 6.62. The zero-order chi connectivity index (χ0) is 12.3. The van der Waals surface area contributed by atoms with Crippen molar-refractivity contribution in [3.8, 4) is 0 Å². The Bertz CT molecular complexity index is 376.